The fourth-order valence-electron chi connectivity index (χ4n) is 1.41. The fraction of sp³-hybridized carbons (Fsp3) is 0.417. The van der Waals surface area contributed by atoms with Crippen molar-refractivity contribution >= 4 is 27.4 Å². The molecule has 1 aromatic carbocycles. The first-order valence-corrected chi connectivity index (χ1v) is 6.35. The topological polar surface area (TPSA) is 55.1 Å². The third-order valence-electron chi connectivity index (χ3n) is 2.43. The molecule has 106 valence electrons. The lowest BCUT2D eigenvalue weighted by Gasteiger charge is -2.14. The lowest BCUT2D eigenvalue weighted by atomic mass is 10.0. The second-order valence-corrected chi connectivity index (χ2v) is 5.23. The van der Waals surface area contributed by atoms with E-state index in [9.17, 15) is 18.0 Å². The second kappa shape index (κ2) is 5.92. The van der Waals surface area contributed by atoms with Crippen molar-refractivity contribution in [1.29, 1.82) is 0 Å². The largest absolute Gasteiger partial charge is 0.418 e. The summed E-state index contributed by atoms with van der Waals surface area (Å²) in [5, 5.41) is 2.86. The van der Waals surface area contributed by atoms with Crippen molar-refractivity contribution in [1.82, 2.24) is 5.32 Å². The lowest BCUT2D eigenvalue weighted by molar-refractivity contribution is -0.136. The van der Waals surface area contributed by atoms with Crippen molar-refractivity contribution in [3.8, 4) is 0 Å². The van der Waals surface area contributed by atoms with E-state index in [1.54, 1.807) is 0 Å². The van der Waals surface area contributed by atoms with Gasteiger partial charge in [0.25, 0.3) is 0 Å². The average Bonchev–Trinajstić information content (AvgIpc) is 2.27. The van der Waals surface area contributed by atoms with Crippen LogP contribution in [0.2, 0.25) is 0 Å². The van der Waals surface area contributed by atoms with Crippen molar-refractivity contribution < 1.29 is 18.0 Å². The highest BCUT2D eigenvalue weighted by Gasteiger charge is 2.34. The summed E-state index contributed by atoms with van der Waals surface area (Å²) in [6, 6.07) is 2.16. The molecule has 19 heavy (non-hydrogen) atoms. The summed E-state index contributed by atoms with van der Waals surface area (Å²) in [7, 11) is 0. The highest BCUT2D eigenvalue weighted by Crippen LogP contribution is 2.37. The van der Waals surface area contributed by atoms with Gasteiger partial charge >= 0.3 is 6.18 Å². The molecule has 0 amide bonds. The number of nitrogens with one attached hydrogen (secondary N) is 1. The molecule has 0 unspecified atom stereocenters. The van der Waals surface area contributed by atoms with Crippen LogP contribution in [0.15, 0.2) is 16.6 Å². The van der Waals surface area contributed by atoms with Crippen molar-refractivity contribution in [3.63, 3.8) is 0 Å². The minimum atomic E-state index is -4.59. The maximum atomic E-state index is 12.8. The predicted molar refractivity (Wildman–Crippen MR) is 71.0 cm³/mol. The van der Waals surface area contributed by atoms with Crippen LogP contribution in [-0.2, 0) is 6.18 Å². The number of nitrogens with two attached hydrogens (primary N) is 1. The van der Waals surface area contributed by atoms with Crippen molar-refractivity contribution in [2.45, 2.75) is 26.1 Å². The summed E-state index contributed by atoms with van der Waals surface area (Å²) >= 11 is 2.94. The molecule has 0 atom stereocenters. The average molecular weight is 339 g/mol. The first kappa shape index (κ1) is 16.0. The van der Waals surface area contributed by atoms with Crippen LogP contribution in [0.25, 0.3) is 0 Å². The van der Waals surface area contributed by atoms with E-state index in [0.29, 0.717) is 0 Å². The molecule has 3 N–H and O–H groups in total. The molecule has 1 rings (SSSR count). The molecule has 0 spiro atoms. The van der Waals surface area contributed by atoms with Gasteiger partial charge in [-0.3, -0.25) is 4.79 Å². The molecule has 0 saturated carbocycles. The quantitative estimate of drug-likeness (QED) is 0.654. The van der Waals surface area contributed by atoms with Crippen LogP contribution in [0.3, 0.4) is 0 Å². The summed E-state index contributed by atoms with van der Waals surface area (Å²) in [5.74, 6) is -0.417. The van der Waals surface area contributed by atoms with E-state index in [2.05, 4.69) is 21.2 Å². The zero-order chi connectivity index (χ0) is 14.8. The first-order chi connectivity index (χ1) is 8.62. The van der Waals surface area contributed by atoms with E-state index in [1.165, 1.54) is 6.07 Å². The number of nitrogen functional groups attached to an aromatic ring is 1. The maximum Gasteiger partial charge on any atom is 0.418 e. The van der Waals surface area contributed by atoms with Gasteiger partial charge in [0.2, 0.25) is 0 Å². The summed E-state index contributed by atoms with van der Waals surface area (Å²) in [5.41, 5.74) is 3.92. The Bertz CT molecular complexity index is 487. The van der Waals surface area contributed by atoms with E-state index in [0.717, 1.165) is 6.07 Å². The number of anilines is 1. The molecule has 7 heteroatoms. The molecule has 0 fully saturated rings. The van der Waals surface area contributed by atoms with E-state index in [1.807, 2.05) is 13.8 Å². The first-order valence-electron chi connectivity index (χ1n) is 5.55. The van der Waals surface area contributed by atoms with Gasteiger partial charge in [0, 0.05) is 16.1 Å². The molecule has 0 aliphatic heterocycles. The van der Waals surface area contributed by atoms with Crippen LogP contribution in [0.4, 0.5) is 18.9 Å². The van der Waals surface area contributed by atoms with Crippen LogP contribution < -0.4 is 11.1 Å². The summed E-state index contributed by atoms with van der Waals surface area (Å²) < 4.78 is 38.3. The summed E-state index contributed by atoms with van der Waals surface area (Å²) in [4.78, 5) is 11.8. The normalized spacial score (nSPS) is 11.9. The molecular formula is C12H14BrF3N2O. The minimum Gasteiger partial charge on any atom is -0.397 e. The zero-order valence-electron chi connectivity index (χ0n) is 10.4. The number of Topliss-reactive ketones (excluding diaryl/α,β-unsaturated/α-hetero) is 1. The van der Waals surface area contributed by atoms with Gasteiger partial charge in [-0.05, 0) is 28.1 Å². The van der Waals surface area contributed by atoms with Crippen LogP contribution in [0.5, 0.6) is 0 Å². The Balaban J connectivity index is 3.10. The number of alkyl halides is 3. The van der Waals surface area contributed by atoms with Crippen LogP contribution in [0, 0.1) is 0 Å². The third-order valence-corrected chi connectivity index (χ3v) is 3.08. The Morgan fingerprint density at radius 2 is 2.00 bits per heavy atom. The summed E-state index contributed by atoms with van der Waals surface area (Å²) in [6.07, 6.45) is -4.59. The van der Waals surface area contributed by atoms with Gasteiger partial charge in [-0.25, -0.2) is 0 Å². The number of hydrogen-bond acceptors (Lipinski definition) is 3. The highest BCUT2D eigenvalue weighted by molar-refractivity contribution is 9.10. The van der Waals surface area contributed by atoms with Gasteiger partial charge in [-0.2, -0.15) is 13.2 Å². The molecular weight excluding hydrogens is 325 g/mol. The predicted octanol–water partition coefficient (Wildman–Crippen LogP) is 3.23. The molecule has 0 aliphatic carbocycles. The van der Waals surface area contributed by atoms with Gasteiger partial charge in [0.05, 0.1) is 17.8 Å². The van der Waals surface area contributed by atoms with Gasteiger partial charge in [-0.15, -0.1) is 0 Å². The number of rotatable bonds is 4. The number of halogens is 4. The standard InChI is InChI=1S/C12H14BrF3N2O/c1-6(2)18-5-10(19)7-3-8(12(14,15)16)11(17)9(13)4-7/h3-4,6,18H,5,17H2,1-2H3. The highest BCUT2D eigenvalue weighted by atomic mass is 79.9. The smallest absolute Gasteiger partial charge is 0.397 e. The molecule has 0 saturated heterocycles. The SMILES string of the molecule is CC(C)NCC(=O)c1cc(Br)c(N)c(C(F)(F)F)c1. The van der Waals surface area contributed by atoms with Gasteiger partial charge in [-0.1, -0.05) is 13.8 Å². The summed E-state index contributed by atoms with van der Waals surface area (Å²) in [6.45, 7) is 3.66. The third kappa shape index (κ3) is 4.21. The van der Waals surface area contributed by atoms with Crippen LogP contribution in [0.1, 0.15) is 29.8 Å². The van der Waals surface area contributed by atoms with Crippen molar-refractivity contribution in [2.24, 2.45) is 0 Å². The molecule has 0 heterocycles. The number of ketones is 1. The second-order valence-electron chi connectivity index (χ2n) is 4.38. The Kier molecular flexibility index (Phi) is 4.98. The van der Waals surface area contributed by atoms with Crippen LogP contribution in [-0.4, -0.2) is 18.4 Å². The number of benzene rings is 1. The van der Waals surface area contributed by atoms with E-state index >= 15 is 0 Å². The molecule has 3 nitrogen and oxygen atoms in total. The molecule has 0 bridgehead atoms. The molecule has 0 radical (unpaired) electrons. The number of carbonyl (C=O) groups is 1. The van der Waals surface area contributed by atoms with Crippen molar-refractivity contribution in [2.75, 3.05) is 12.3 Å². The molecule has 1 aromatic rings. The van der Waals surface area contributed by atoms with Crippen molar-refractivity contribution in [3.05, 3.63) is 27.7 Å². The fourth-order valence-corrected chi connectivity index (χ4v) is 1.87. The van der Waals surface area contributed by atoms with E-state index in [4.69, 9.17) is 5.73 Å². The van der Waals surface area contributed by atoms with Gasteiger partial charge in [0.1, 0.15) is 0 Å². The zero-order valence-corrected chi connectivity index (χ0v) is 12.0. The minimum absolute atomic E-state index is 0.0225. The molecule has 0 aromatic heterocycles. The van der Waals surface area contributed by atoms with E-state index < -0.39 is 23.2 Å². The van der Waals surface area contributed by atoms with Crippen LogP contribution >= 0.6 is 15.9 Å². The Morgan fingerprint density at radius 1 is 1.42 bits per heavy atom. The van der Waals surface area contributed by atoms with Gasteiger partial charge < -0.3 is 11.1 Å². The maximum absolute atomic E-state index is 12.8. The van der Waals surface area contributed by atoms with Gasteiger partial charge in [0.15, 0.2) is 5.78 Å². The Morgan fingerprint density at radius 3 is 2.47 bits per heavy atom. The Labute approximate surface area is 117 Å². The molecule has 0 aliphatic rings. The Hall–Kier alpha value is -1.08. The lowest BCUT2D eigenvalue weighted by Crippen LogP contribution is -2.29. The van der Waals surface area contributed by atoms with E-state index in [-0.39, 0.29) is 22.6 Å². The number of hydrogen-bond donors (Lipinski definition) is 2. The number of carbonyl (C=O) groups excluding carboxylic acids is 1. The monoisotopic (exact) mass is 338 g/mol.